The van der Waals surface area contributed by atoms with E-state index in [1.807, 2.05) is 25.1 Å². The molecule has 7 heteroatoms. The summed E-state index contributed by atoms with van der Waals surface area (Å²) in [6.07, 6.45) is 4.94. The SMILES string of the molecule is CCOC(=O)Oc1c(CC)nn2c(-c3cccnc3)ccnc12. The predicted octanol–water partition coefficient (Wildman–Crippen LogP) is 2.89. The molecule has 0 N–H and O–H groups in total. The lowest BCUT2D eigenvalue weighted by Crippen LogP contribution is -2.11. The maximum absolute atomic E-state index is 11.7. The first kappa shape index (κ1) is 15.0. The maximum Gasteiger partial charge on any atom is 0.514 e. The molecule has 0 saturated carbocycles. The number of pyridine rings is 1. The van der Waals surface area contributed by atoms with Gasteiger partial charge in [0.05, 0.1) is 12.3 Å². The van der Waals surface area contributed by atoms with Gasteiger partial charge < -0.3 is 9.47 Å². The van der Waals surface area contributed by atoms with E-state index in [0.717, 1.165) is 11.3 Å². The van der Waals surface area contributed by atoms with Crippen LogP contribution >= 0.6 is 0 Å². The number of aromatic nitrogens is 4. The second kappa shape index (κ2) is 6.43. The molecule has 0 unspecified atom stereocenters. The molecule has 0 saturated heterocycles. The van der Waals surface area contributed by atoms with E-state index in [-0.39, 0.29) is 6.61 Å². The average Bonchev–Trinajstić information content (AvgIpc) is 2.93. The molecule has 3 rings (SSSR count). The van der Waals surface area contributed by atoms with E-state index < -0.39 is 6.16 Å². The fourth-order valence-electron chi connectivity index (χ4n) is 2.27. The summed E-state index contributed by atoms with van der Waals surface area (Å²) in [5, 5.41) is 4.51. The van der Waals surface area contributed by atoms with Crippen LogP contribution < -0.4 is 4.74 Å². The lowest BCUT2D eigenvalue weighted by molar-refractivity contribution is 0.104. The predicted molar refractivity (Wildman–Crippen MR) is 83.2 cm³/mol. The molecule has 0 aromatic carbocycles. The van der Waals surface area contributed by atoms with Gasteiger partial charge in [0.15, 0.2) is 5.65 Å². The molecule has 3 heterocycles. The Hall–Kier alpha value is -2.96. The van der Waals surface area contributed by atoms with Crippen molar-refractivity contribution in [3.8, 4) is 17.0 Å². The van der Waals surface area contributed by atoms with Gasteiger partial charge in [0.2, 0.25) is 5.75 Å². The van der Waals surface area contributed by atoms with Gasteiger partial charge in [-0.25, -0.2) is 14.3 Å². The molecule has 0 fully saturated rings. The molecule has 118 valence electrons. The van der Waals surface area contributed by atoms with Crippen molar-refractivity contribution in [1.29, 1.82) is 0 Å². The number of hydrogen-bond acceptors (Lipinski definition) is 6. The first-order chi connectivity index (χ1) is 11.2. The molecule has 23 heavy (non-hydrogen) atoms. The van der Waals surface area contributed by atoms with E-state index in [1.165, 1.54) is 0 Å². The molecule has 3 aromatic heterocycles. The molecule has 0 bridgehead atoms. The van der Waals surface area contributed by atoms with Crippen LogP contribution in [0.3, 0.4) is 0 Å². The molecule has 0 atom stereocenters. The Morgan fingerprint density at radius 2 is 2.13 bits per heavy atom. The number of rotatable bonds is 4. The fourth-order valence-corrected chi connectivity index (χ4v) is 2.27. The quantitative estimate of drug-likeness (QED) is 0.689. The Kier molecular flexibility index (Phi) is 4.18. The number of ether oxygens (including phenoxy) is 2. The van der Waals surface area contributed by atoms with Crippen LogP contribution in [0.4, 0.5) is 4.79 Å². The molecule has 0 aliphatic rings. The molecule has 0 aliphatic heterocycles. The van der Waals surface area contributed by atoms with Gasteiger partial charge in [-0.3, -0.25) is 4.98 Å². The molecule has 0 spiro atoms. The van der Waals surface area contributed by atoms with Gasteiger partial charge in [-0.05, 0) is 31.5 Å². The van der Waals surface area contributed by atoms with Gasteiger partial charge in [-0.2, -0.15) is 5.10 Å². The highest BCUT2D eigenvalue weighted by Crippen LogP contribution is 2.28. The molecular formula is C16H16N4O3. The van der Waals surface area contributed by atoms with E-state index in [9.17, 15) is 4.79 Å². The van der Waals surface area contributed by atoms with Crippen LogP contribution in [0.2, 0.25) is 0 Å². The lowest BCUT2D eigenvalue weighted by Gasteiger charge is -2.05. The number of carbonyl (C=O) groups is 1. The molecule has 0 aliphatic carbocycles. The fraction of sp³-hybridized carbons (Fsp3) is 0.250. The summed E-state index contributed by atoms with van der Waals surface area (Å²) in [7, 11) is 0. The van der Waals surface area contributed by atoms with E-state index >= 15 is 0 Å². The highest BCUT2D eigenvalue weighted by molar-refractivity contribution is 5.71. The third-order valence-corrected chi connectivity index (χ3v) is 3.28. The molecule has 0 amide bonds. The first-order valence-corrected chi connectivity index (χ1v) is 7.36. The summed E-state index contributed by atoms with van der Waals surface area (Å²) in [6, 6.07) is 5.62. The van der Waals surface area contributed by atoms with Gasteiger partial charge in [0, 0.05) is 24.2 Å². The van der Waals surface area contributed by atoms with Gasteiger partial charge in [-0.15, -0.1) is 0 Å². The minimum atomic E-state index is -0.759. The van der Waals surface area contributed by atoms with E-state index in [4.69, 9.17) is 9.47 Å². The number of nitrogens with zero attached hydrogens (tertiary/aromatic N) is 4. The Morgan fingerprint density at radius 1 is 1.26 bits per heavy atom. The third-order valence-electron chi connectivity index (χ3n) is 3.28. The van der Waals surface area contributed by atoms with Crippen molar-refractivity contribution in [2.75, 3.05) is 6.61 Å². The normalized spacial score (nSPS) is 10.7. The van der Waals surface area contributed by atoms with Crippen LogP contribution in [0.1, 0.15) is 19.5 Å². The van der Waals surface area contributed by atoms with Crippen molar-refractivity contribution in [2.45, 2.75) is 20.3 Å². The summed E-state index contributed by atoms with van der Waals surface area (Å²) in [5.74, 6) is 0.330. The number of fused-ring (bicyclic) bond motifs is 1. The topological polar surface area (TPSA) is 78.6 Å². The Balaban J connectivity index is 2.13. The minimum Gasteiger partial charge on any atom is -0.434 e. The van der Waals surface area contributed by atoms with E-state index in [1.54, 1.807) is 30.0 Å². The standard InChI is InChI=1S/C16H16N4O3/c1-3-12-14(23-16(21)22-4-2)15-18-9-7-13(20(15)19-12)11-6-5-8-17-10-11/h5-10H,3-4H2,1-2H3. The van der Waals surface area contributed by atoms with Crippen LogP contribution in [0, 0.1) is 0 Å². The van der Waals surface area contributed by atoms with Gasteiger partial charge in [0.1, 0.15) is 5.69 Å². The Labute approximate surface area is 132 Å². The van der Waals surface area contributed by atoms with Gasteiger partial charge in [0.25, 0.3) is 0 Å². The van der Waals surface area contributed by atoms with Crippen LogP contribution in [0.15, 0.2) is 36.8 Å². The lowest BCUT2D eigenvalue weighted by atomic mass is 10.2. The van der Waals surface area contributed by atoms with Gasteiger partial charge >= 0.3 is 6.16 Å². The van der Waals surface area contributed by atoms with Gasteiger partial charge in [-0.1, -0.05) is 6.92 Å². The average molecular weight is 312 g/mol. The van der Waals surface area contributed by atoms with Crippen molar-refractivity contribution in [2.24, 2.45) is 0 Å². The zero-order valence-electron chi connectivity index (χ0n) is 12.9. The maximum atomic E-state index is 11.7. The molecular weight excluding hydrogens is 296 g/mol. The highest BCUT2D eigenvalue weighted by Gasteiger charge is 2.20. The summed E-state index contributed by atoms with van der Waals surface area (Å²) in [5.41, 5.74) is 2.82. The second-order valence-corrected chi connectivity index (χ2v) is 4.72. The van der Waals surface area contributed by atoms with Crippen LogP contribution in [-0.4, -0.2) is 32.3 Å². The molecule has 0 radical (unpaired) electrons. The molecule has 3 aromatic rings. The van der Waals surface area contributed by atoms with E-state index in [2.05, 4.69) is 15.1 Å². The van der Waals surface area contributed by atoms with Crippen molar-refractivity contribution in [1.82, 2.24) is 19.6 Å². The summed E-state index contributed by atoms with van der Waals surface area (Å²) in [4.78, 5) is 20.1. The molecule has 7 nitrogen and oxygen atoms in total. The largest absolute Gasteiger partial charge is 0.514 e. The van der Waals surface area contributed by atoms with E-state index in [0.29, 0.717) is 23.5 Å². The zero-order chi connectivity index (χ0) is 16.2. The monoisotopic (exact) mass is 312 g/mol. The number of aryl methyl sites for hydroxylation is 1. The minimum absolute atomic E-state index is 0.244. The summed E-state index contributed by atoms with van der Waals surface area (Å²) in [6.45, 7) is 3.90. The highest BCUT2D eigenvalue weighted by atomic mass is 16.7. The Morgan fingerprint density at radius 3 is 2.83 bits per heavy atom. The van der Waals surface area contributed by atoms with Crippen molar-refractivity contribution < 1.29 is 14.3 Å². The third kappa shape index (κ3) is 2.85. The zero-order valence-corrected chi connectivity index (χ0v) is 12.9. The van der Waals surface area contributed by atoms with Crippen molar-refractivity contribution >= 4 is 11.8 Å². The summed E-state index contributed by atoms with van der Waals surface area (Å²) < 4.78 is 11.8. The number of carbonyl (C=O) groups excluding carboxylic acids is 1. The van der Waals surface area contributed by atoms with Crippen LogP contribution in [-0.2, 0) is 11.2 Å². The Bertz CT molecular complexity index is 830. The van der Waals surface area contributed by atoms with Crippen molar-refractivity contribution in [3.63, 3.8) is 0 Å². The smallest absolute Gasteiger partial charge is 0.434 e. The van der Waals surface area contributed by atoms with Crippen LogP contribution in [0.25, 0.3) is 16.9 Å². The number of hydrogen-bond donors (Lipinski definition) is 0. The van der Waals surface area contributed by atoms with Crippen molar-refractivity contribution in [3.05, 3.63) is 42.5 Å². The summed E-state index contributed by atoms with van der Waals surface area (Å²) >= 11 is 0. The second-order valence-electron chi connectivity index (χ2n) is 4.72. The van der Waals surface area contributed by atoms with Crippen LogP contribution in [0.5, 0.6) is 5.75 Å². The first-order valence-electron chi connectivity index (χ1n) is 7.36.